The smallest absolute Gasteiger partial charge is 0.106 e. The van der Waals surface area contributed by atoms with Crippen LogP contribution < -0.4 is 10.6 Å². The van der Waals surface area contributed by atoms with Crippen LogP contribution in [0.4, 0.5) is 0 Å². The van der Waals surface area contributed by atoms with E-state index in [0.717, 1.165) is 12.1 Å². The predicted molar refractivity (Wildman–Crippen MR) is 80.5 cm³/mol. The quantitative estimate of drug-likeness (QED) is 0.755. The molecule has 2 aliphatic heterocycles. The Morgan fingerprint density at radius 3 is 2.37 bits per heavy atom. The lowest BCUT2D eigenvalue weighted by Gasteiger charge is -2.38. The molecule has 2 saturated heterocycles. The Morgan fingerprint density at radius 1 is 1.37 bits per heavy atom. The van der Waals surface area contributed by atoms with Gasteiger partial charge in [-0.1, -0.05) is 6.92 Å². The van der Waals surface area contributed by atoms with Crippen LogP contribution in [0.3, 0.4) is 0 Å². The molecule has 0 radical (unpaired) electrons. The number of hydrogen-bond donors (Lipinski definition) is 2. The first-order valence-corrected chi connectivity index (χ1v) is 7.63. The number of nitrogens with zero attached hydrogens (tertiary/aromatic N) is 1. The van der Waals surface area contributed by atoms with E-state index in [1.807, 2.05) is 6.79 Å². The van der Waals surface area contributed by atoms with Gasteiger partial charge in [0.15, 0.2) is 0 Å². The van der Waals surface area contributed by atoms with Crippen LogP contribution in [0.1, 0.15) is 46.0 Å². The van der Waals surface area contributed by atoms with Crippen LogP contribution >= 0.6 is 0 Å². The standard InChI is InChI=1S/C9H18N2.C5H11N.CH2O/c1-3-8-6-10-9(4-5-9)7-11(8)2;1-5-3-2-4-6-5;1-2/h8,10H,3-7H2,1-2H3;5-6H,2-4H2,1H3;1H2. The minimum atomic E-state index is 0.556. The summed E-state index contributed by atoms with van der Waals surface area (Å²) in [6.07, 6.45) is 6.82. The summed E-state index contributed by atoms with van der Waals surface area (Å²) in [6, 6.07) is 1.58. The Bertz CT molecular complexity index is 250. The third-order valence-corrected chi connectivity index (χ3v) is 4.52. The largest absolute Gasteiger partial charge is 0.314 e. The third-order valence-electron chi connectivity index (χ3n) is 4.52. The van der Waals surface area contributed by atoms with Crippen molar-refractivity contribution in [2.45, 2.75) is 63.6 Å². The van der Waals surface area contributed by atoms with E-state index in [1.165, 1.54) is 51.7 Å². The fraction of sp³-hybridized carbons (Fsp3) is 0.933. The highest BCUT2D eigenvalue weighted by Gasteiger charge is 2.46. The van der Waals surface area contributed by atoms with Crippen LogP contribution in [0.5, 0.6) is 0 Å². The lowest BCUT2D eigenvalue weighted by molar-refractivity contribution is -0.0979. The number of rotatable bonds is 1. The van der Waals surface area contributed by atoms with Gasteiger partial charge in [-0.2, -0.15) is 0 Å². The van der Waals surface area contributed by atoms with Crippen molar-refractivity contribution < 1.29 is 4.79 Å². The van der Waals surface area contributed by atoms with Crippen LogP contribution in [-0.2, 0) is 4.79 Å². The fourth-order valence-electron chi connectivity index (χ4n) is 2.95. The Morgan fingerprint density at radius 2 is 2.05 bits per heavy atom. The molecule has 1 spiro atoms. The molecule has 2 heterocycles. The molecule has 2 N–H and O–H groups in total. The number of nitrogens with one attached hydrogen (secondary N) is 2. The first kappa shape index (κ1) is 16.6. The SMILES string of the molecule is C=O.CC1CCCN1.CCC1CNC2(CC2)CN1C. The van der Waals surface area contributed by atoms with Crippen LogP contribution in [0, 0.1) is 0 Å². The summed E-state index contributed by atoms with van der Waals surface area (Å²) in [5, 5.41) is 6.98. The molecule has 3 aliphatic rings. The van der Waals surface area contributed by atoms with E-state index in [9.17, 15) is 0 Å². The summed E-state index contributed by atoms with van der Waals surface area (Å²) < 4.78 is 0. The fourth-order valence-corrected chi connectivity index (χ4v) is 2.95. The van der Waals surface area contributed by atoms with Crippen LogP contribution in [0.15, 0.2) is 0 Å². The lowest BCUT2D eigenvalue weighted by Crippen LogP contribution is -2.56. The number of likely N-dealkylation sites (N-methyl/N-ethyl adjacent to an activating group) is 1. The maximum atomic E-state index is 8.00. The monoisotopic (exact) mass is 269 g/mol. The van der Waals surface area contributed by atoms with Crippen molar-refractivity contribution >= 4 is 6.79 Å². The molecular formula is C15H31N3O. The number of carbonyl (C=O) groups excluding carboxylic acids is 1. The second kappa shape index (κ2) is 7.98. The van der Waals surface area contributed by atoms with Crippen molar-refractivity contribution in [1.29, 1.82) is 0 Å². The molecule has 4 nitrogen and oxygen atoms in total. The van der Waals surface area contributed by atoms with E-state index in [0.29, 0.717) is 5.54 Å². The lowest BCUT2D eigenvalue weighted by atomic mass is 10.1. The van der Waals surface area contributed by atoms with Crippen molar-refractivity contribution in [1.82, 2.24) is 15.5 Å². The molecular weight excluding hydrogens is 238 g/mol. The summed E-state index contributed by atoms with van der Waals surface area (Å²) >= 11 is 0. The Kier molecular flexibility index (Phi) is 6.97. The van der Waals surface area contributed by atoms with E-state index in [2.05, 4.69) is 36.4 Å². The van der Waals surface area contributed by atoms with E-state index in [1.54, 1.807) is 0 Å². The van der Waals surface area contributed by atoms with Crippen LogP contribution in [-0.4, -0.2) is 56.0 Å². The van der Waals surface area contributed by atoms with Gasteiger partial charge < -0.3 is 20.3 Å². The van der Waals surface area contributed by atoms with Gasteiger partial charge in [-0.15, -0.1) is 0 Å². The van der Waals surface area contributed by atoms with Crippen molar-refractivity contribution in [3.8, 4) is 0 Å². The molecule has 1 aliphatic carbocycles. The van der Waals surface area contributed by atoms with E-state index in [4.69, 9.17) is 4.79 Å². The molecule has 3 fully saturated rings. The van der Waals surface area contributed by atoms with Gasteiger partial charge in [0.05, 0.1) is 0 Å². The van der Waals surface area contributed by atoms with Gasteiger partial charge in [0.25, 0.3) is 0 Å². The number of carbonyl (C=O) groups is 1. The van der Waals surface area contributed by atoms with Gasteiger partial charge in [0, 0.05) is 30.7 Å². The topological polar surface area (TPSA) is 44.4 Å². The van der Waals surface area contributed by atoms with Crippen molar-refractivity contribution in [3.05, 3.63) is 0 Å². The second-order valence-electron chi connectivity index (χ2n) is 6.14. The highest BCUT2D eigenvalue weighted by molar-refractivity contribution is 5.11. The van der Waals surface area contributed by atoms with Gasteiger partial charge in [-0.25, -0.2) is 0 Å². The molecule has 4 heteroatoms. The third kappa shape index (κ3) is 5.21. The molecule has 0 aromatic rings. The summed E-state index contributed by atoms with van der Waals surface area (Å²) in [5.41, 5.74) is 0.556. The highest BCUT2D eigenvalue weighted by atomic mass is 16.1. The van der Waals surface area contributed by atoms with E-state index < -0.39 is 0 Å². The normalized spacial score (nSPS) is 31.9. The maximum absolute atomic E-state index is 8.00. The molecule has 112 valence electrons. The van der Waals surface area contributed by atoms with Gasteiger partial charge in [0.1, 0.15) is 6.79 Å². The first-order valence-electron chi connectivity index (χ1n) is 7.63. The summed E-state index contributed by atoms with van der Waals surface area (Å²) in [4.78, 5) is 10.5. The van der Waals surface area contributed by atoms with E-state index in [-0.39, 0.29) is 0 Å². The predicted octanol–water partition coefficient (Wildman–Crippen LogP) is 1.41. The molecule has 0 aromatic carbocycles. The van der Waals surface area contributed by atoms with E-state index >= 15 is 0 Å². The van der Waals surface area contributed by atoms with Gasteiger partial charge in [0.2, 0.25) is 0 Å². The molecule has 2 atom stereocenters. The summed E-state index contributed by atoms with van der Waals surface area (Å²) in [7, 11) is 2.26. The first-order chi connectivity index (χ1) is 9.15. The Labute approximate surface area is 118 Å². The molecule has 0 aromatic heterocycles. The maximum Gasteiger partial charge on any atom is 0.106 e. The molecule has 19 heavy (non-hydrogen) atoms. The Hall–Kier alpha value is -0.450. The molecule has 1 saturated carbocycles. The molecule has 3 rings (SSSR count). The highest BCUT2D eigenvalue weighted by Crippen LogP contribution is 2.38. The zero-order chi connectivity index (χ0) is 14.3. The minimum absolute atomic E-state index is 0.556. The second-order valence-corrected chi connectivity index (χ2v) is 6.14. The number of hydrogen-bond acceptors (Lipinski definition) is 4. The molecule has 2 unspecified atom stereocenters. The zero-order valence-electron chi connectivity index (χ0n) is 12.9. The average Bonchev–Trinajstić information content (AvgIpc) is 2.99. The molecule has 0 bridgehead atoms. The number of piperazine rings is 1. The van der Waals surface area contributed by atoms with Crippen LogP contribution in [0.25, 0.3) is 0 Å². The van der Waals surface area contributed by atoms with Crippen molar-refractivity contribution in [3.63, 3.8) is 0 Å². The summed E-state index contributed by atoms with van der Waals surface area (Å²) in [5.74, 6) is 0. The van der Waals surface area contributed by atoms with Crippen molar-refractivity contribution in [2.24, 2.45) is 0 Å². The minimum Gasteiger partial charge on any atom is -0.314 e. The van der Waals surface area contributed by atoms with Crippen LogP contribution in [0.2, 0.25) is 0 Å². The van der Waals surface area contributed by atoms with Gasteiger partial charge in [-0.3, -0.25) is 0 Å². The Balaban J connectivity index is 0.000000192. The summed E-state index contributed by atoms with van der Waals surface area (Å²) in [6.45, 7) is 10.2. The van der Waals surface area contributed by atoms with Crippen molar-refractivity contribution in [2.75, 3.05) is 26.7 Å². The zero-order valence-corrected chi connectivity index (χ0v) is 12.9. The molecule has 0 amide bonds. The van der Waals surface area contributed by atoms with Gasteiger partial charge in [-0.05, 0) is 52.6 Å². The average molecular weight is 269 g/mol. The van der Waals surface area contributed by atoms with Gasteiger partial charge >= 0.3 is 0 Å².